The van der Waals surface area contributed by atoms with Crippen LogP contribution in [0.15, 0.2) is 24.3 Å². The average Bonchev–Trinajstić information content (AvgIpc) is 2.90. The van der Waals surface area contributed by atoms with Gasteiger partial charge in [0.2, 0.25) is 0 Å². The fourth-order valence-electron chi connectivity index (χ4n) is 3.32. The van der Waals surface area contributed by atoms with Crippen LogP contribution in [-0.4, -0.2) is 37.1 Å². The molecule has 1 atom stereocenters. The molecule has 2 N–H and O–H groups in total. The van der Waals surface area contributed by atoms with E-state index in [2.05, 4.69) is 21.9 Å². The van der Waals surface area contributed by atoms with Crippen molar-refractivity contribution in [2.75, 3.05) is 36.8 Å². The first-order valence-corrected chi connectivity index (χ1v) is 7.18. The number of piperidine rings is 1. The largest absolute Gasteiger partial charge is 0.397 e. The lowest BCUT2D eigenvalue weighted by molar-refractivity contribution is 0.175. The predicted molar refractivity (Wildman–Crippen MR) is 76.9 cm³/mol. The monoisotopic (exact) mass is 245 g/mol. The summed E-state index contributed by atoms with van der Waals surface area (Å²) in [6.45, 7) is 4.88. The molecule has 98 valence electrons. The third-order valence-electron chi connectivity index (χ3n) is 4.35. The molecular formula is C15H23N3. The summed E-state index contributed by atoms with van der Waals surface area (Å²) in [6.07, 6.45) is 5.46. The highest BCUT2D eigenvalue weighted by molar-refractivity contribution is 5.67. The van der Waals surface area contributed by atoms with Gasteiger partial charge in [0.15, 0.2) is 0 Å². The molecule has 0 saturated carbocycles. The van der Waals surface area contributed by atoms with Crippen molar-refractivity contribution < 1.29 is 0 Å². The number of hydrogen-bond acceptors (Lipinski definition) is 3. The van der Waals surface area contributed by atoms with Crippen LogP contribution in [-0.2, 0) is 0 Å². The summed E-state index contributed by atoms with van der Waals surface area (Å²) >= 11 is 0. The maximum Gasteiger partial charge on any atom is 0.0600 e. The molecule has 0 aromatic heterocycles. The number of likely N-dealkylation sites (tertiary alicyclic amines) is 1. The minimum atomic E-state index is 0.741. The van der Waals surface area contributed by atoms with Crippen LogP contribution in [0.5, 0.6) is 0 Å². The number of para-hydroxylation sites is 2. The molecule has 1 unspecified atom stereocenters. The highest BCUT2D eigenvalue weighted by Gasteiger charge is 2.28. The van der Waals surface area contributed by atoms with Crippen LogP contribution in [0.3, 0.4) is 0 Å². The number of hydrogen-bond donors (Lipinski definition) is 1. The van der Waals surface area contributed by atoms with Gasteiger partial charge in [-0.1, -0.05) is 18.6 Å². The molecule has 0 amide bonds. The smallest absolute Gasteiger partial charge is 0.0600 e. The van der Waals surface area contributed by atoms with Gasteiger partial charge in [-0.25, -0.2) is 0 Å². The van der Waals surface area contributed by atoms with Crippen molar-refractivity contribution in [3.05, 3.63) is 24.3 Å². The molecule has 0 radical (unpaired) electrons. The first-order chi connectivity index (χ1) is 8.84. The third kappa shape index (κ3) is 2.32. The van der Waals surface area contributed by atoms with Gasteiger partial charge in [0.05, 0.1) is 11.4 Å². The van der Waals surface area contributed by atoms with Crippen molar-refractivity contribution in [3.8, 4) is 0 Å². The van der Waals surface area contributed by atoms with Gasteiger partial charge in [-0.3, -0.25) is 4.90 Å². The van der Waals surface area contributed by atoms with Gasteiger partial charge >= 0.3 is 0 Å². The molecular weight excluding hydrogens is 222 g/mol. The van der Waals surface area contributed by atoms with Crippen LogP contribution in [0.1, 0.15) is 25.7 Å². The van der Waals surface area contributed by atoms with Crippen LogP contribution in [0.25, 0.3) is 0 Å². The summed E-state index contributed by atoms with van der Waals surface area (Å²) in [6, 6.07) is 8.99. The van der Waals surface area contributed by atoms with Crippen molar-refractivity contribution in [3.63, 3.8) is 0 Å². The first kappa shape index (κ1) is 11.8. The van der Waals surface area contributed by atoms with E-state index in [1.54, 1.807) is 0 Å². The van der Waals surface area contributed by atoms with Crippen molar-refractivity contribution in [2.45, 2.75) is 31.7 Å². The minimum Gasteiger partial charge on any atom is -0.397 e. The fraction of sp³-hybridized carbons (Fsp3) is 0.600. The van der Waals surface area contributed by atoms with E-state index < -0.39 is 0 Å². The number of anilines is 2. The second-order valence-corrected chi connectivity index (χ2v) is 5.54. The Morgan fingerprint density at radius 3 is 2.56 bits per heavy atom. The summed E-state index contributed by atoms with van der Waals surface area (Å²) in [5.41, 5.74) is 8.20. The lowest BCUT2D eigenvalue weighted by Crippen LogP contribution is -2.40. The van der Waals surface area contributed by atoms with Gasteiger partial charge in [-0.15, -0.1) is 0 Å². The summed E-state index contributed by atoms with van der Waals surface area (Å²) < 4.78 is 0. The third-order valence-corrected chi connectivity index (χ3v) is 4.35. The Hall–Kier alpha value is -1.22. The van der Waals surface area contributed by atoms with E-state index in [0.29, 0.717) is 0 Å². The lowest BCUT2D eigenvalue weighted by atomic mass is 10.1. The lowest BCUT2D eigenvalue weighted by Gasteiger charge is -2.32. The standard InChI is InChI=1S/C15H23N3/c16-14-6-2-3-7-15(14)18-11-8-13(12-18)17-9-4-1-5-10-17/h2-3,6-7,13H,1,4-5,8-12,16H2. The van der Waals surface area contributed by atoms with Gasteiger partial charge in [0.25, 0.3) is 0 Å². The fourth-order valence-corrected chi connectivity index (χ4v) is 3.32. The molecule has 18 heavy (non-hydrogen) atoms. The van der Waals surface area contributed by atoms with E-state index in [0.717, 1.165) is 24.8 Å². The Kier molecular flexibility index (Phi) is 3.41. The summed E-state index contributed by atoms with van der Waals surface area (Å²) in [5, 5.41) is 0. The zero-order valence-electron chi connectivity index (χ0n) is 11.0. The van der Waals surface area contributed by atoms with Crippen LogP contribution in [0.2, 0.25) is 0 Å². The van der Waals surface area contributed by atoms with Crippen LogP contribution in [0, 0.1) is 0 Å². The van der Waals surface area contributed by atoms with Crippen LogP contribution < -0.4 is 10.6 Å². The Labute approximate surface area is 110 Å². The van der Waals surface area contributed by atoms with E-state index in [-0.39, 0.29) is 0 Å². The molecule has 2 aliphatic rings. The molecule has 0 aliphatic carbocycles. The van der Waals surface area contributed by atoms with E-state index >= 15 is 0 Å². The first-order valence-electron chi connectivity index (χ1n) is 7.18. The number of nitrogens with two attached hydrogens (primary N) is 1. The zero-order chi connectivity index (χ0) is 12.4. The number of rotatable bonds is 2. The molecule has 3 rings (SSSR count). The molecule has 0 bridgehead atoms. The zero-order valence-corrected chi connectivity index (χ0v) is 11.0. The van der Waals surface area contributed by atoms with Crippen molar-refractivity contribution in [2.24, 2.45) is 0 Å². The molecule has 1 aromatic carbocycles. The quantitative estimate of drug-likeness (QED) is 0.812. The van der Waals surface area contributed by atoms with Crippen LogP contribution in [0.4, 0.5) is 11.4 Å². The van der Waals surface area contributed by atoms with E-state index in [1.807, 2.05) is 12.1 Å². The molecule has 3 heteroatoms. The summed E-state index contributed by atoms with van der Waals surface area (Å²) in [5.74, 6) is 0. The van der Waals surface area contributed by atoms with Gasteiger partial charge in [-0.2, -0.15) is 0 Å². The molecule has 2 aliphatic heterocycles. The predicted octanol–water partition coefficient (Wildman–Crippen LogP) is 2.33. The SMILES string of the molecule is Nc1ccccc1N1CCC(N2CCCCC2)C1. The second-order valence-electron chi connectivity index (χ2n) is 5.54. The van der Waals surface area contributed by atoms with Crippen molar-refractivity contribution in [1.82, 2.24) is 4.90 Å². The molecule has 0 spiro atoms. The average molecular weight is 245 g/mol. The molecule has 1 aromatic rings. The minimum absolute atomic E-state index is 0.741. The Balaban J connectivity index is 1.66. The number of benzene rings is 1. The highest BCUT2D eigenvalue weighted by atomic mass is 15.3. The van der Waals surface area contributed by atoms with Gasteiger partial charge < -0.3 is 10.6 Å². The van der Waals surface area contributed by atoms with Gasteiger partial charge in [-0.05, 0) is 44.5 Å². The molecule has 2 saturated heterocycles. The van der Waals surface area contributed by atoms with Crippen molar-refractivity contribution >= 4 is 11.4 Å². The number of nitrogens with zero attached hydrogens (tertiary/aromatic N) is 2. The van der Waals surface area contributed by atoms with Crippen molar-refractivity contribution in [1.29, 1.82) is 0 Å². The summed E-state index contributed by atoms with van der Waals surface area (Å²) in [4.78, 5) is 5.14. The molecule has 3 nitrogen and oxygen atoms in total. The Bertz CT molecular complexity index is 398. The Morgan fingerprint density at radius 1 is 1.00 bits per heavy atom. The van der Waals surface area contributed by atoms with Gasteiger partial charge in [0.1, 0.15) is 0 Å². The van der Waals surface area contributed by atoms with E-state index in [9.17, 15) is 0 Å². The highest BCUT2D eigenvalue weighted by Crippen LogP contribution is 2.28. The summed E-state index contributed by atoms with van der Waals surface area (Å²) in [7, 11) is 0. The maximum atomic E-state index is 6.07. The second kappa shape index (κ2) is 5.19. The van der Waals surface area contributed by atoms with Crippen LogP contribution >= 0.6 is 0 Å². The van der Waals surface area contributed by atoms with E-state index in [1.165, 1.54) is 44.5 Å². The van der Waals surface area contributed by atoms with Gasteiger partial charge in [0, 0.05) is 19.1 Å². The van der Waals surface area contributed by atoms with E-state index in [4.69, 9.17) is 5.73 Å². The maximum absolute atomic E-state index is 6.07. The molecule has 2 fully saturated rings. The normalized spacial score (nSPS) is 25.6. The topological polar surface area (TPSA) is 32.5 Å². The molecule has 2 heterocycles. The Morgan fingerprint density at radius 2 is 1.78 bits per heavy atom. The number of nitrogen functional groups attached to an aromatic ring is 1.